The lowest BCUT2D eigenvalue weighted by Crippen LogP contribution is -2.31. The number of carbonyl (C=O) groups is 2. The maximum Gasteiger partial charge on any atom is 0.276 e. The zero-order valence-electron chi connectivity index (χ0n) is 13.4. The SMILES string of the molecule is O=C(c1ccnc(C(=O)N2CCc3ccccc32)c1)N1CCCC1. The molecule has 0 spiro atoms. The van der Waals surface area contributed by atoms with Crippen LogP contribution in [0.5, 0.6) is 0 Å². The Bertz CT molecular complexity index is 797. The minimum absolute atomic E-state index is 0.00854. The number of pyridine rings is 1. The van der Waals surface area contributed by atoms with Crippen molar-refractivity contribution in [3.63, 3.8) is 0 Å². The molecule has 0 aliphatic carbocycles. The number of hydrogen-bond acceptors (Lipinski definition) is 3. The Morgan fingerprint density at radius 2 is 1.75 bits per heavy atom. The van der Waals surface area contributed by atoms with E-state index < -0.39 is 0 Å². The molecule has 2 aliphatic heterocycles. The second-order valence-corrected chi connectivity index (χ2v) is 6.26. The number of benzene rings is 1. The van der Waals surface area contributed by atoms with Crippen molar-refractivity contribution in [3.05, 3.63) is 59.4 Å². The van der Waals surface area contributed by atoms with Crippen molar-refractivity contribution in [1.82, 2.24) is 9.88 Å². The van der Waals surface area contributed by atoms with E-state index in [4.69, 9.17) is 0 Å². The minimum atomic E-state index is -0.143. The fourth-order valence-electron chi connectivity index (χ4n) is 3.47. The number of likely N-dealkylation sites (tertiary alicyclic amines) is 1. The van der Waals surface area contributed by atoms with Crippen molar-refractivity contribution in [2.45, 2.75) is 19.3 Å². The first-order valence-corrected chi connectivity index (χ1v) is 8.39. The number of fused-ring (bicyclic) bond motifs is 1. The van der Waals surface area contributed by atoms with Gasteiger partial charge in [0, 0.05) is 37.1 Å². The first kappa shape index (κ1) is 14.9. The summed E-state index contributed by atoms with van der Waals surface area (Å²) in [6.07, 6.45) is 4.51. The molecule has 122 valence electrons. The van der Waals surface area contributed by atoms with Crippen molar-refractivity contribution in [3.8, 4) is 0 Å². The molecule has 0 bridgehead atoms. The molecule has 1 saturated heterocycles. The van der Waals surface area contributed by atoms with Gasteiger partial charge in [0.2, 0.25) is 0 Å². The summed E-state index contributed by atoms with van der Waals surface area (Å²) in [5, 5.41) is 0. The summed E-state index contributed by atoms with van der Waals surface area (Å²) in [5.74, 6) is -0.151. The number of nitrogens with zero attached hydrogens (tertiary/aromatic N) is 3. The van der Waals surface area contributed by atoms with E-state index >= 15 is 0 Å². The van der Waals surface area contributed by atoms with Crippen LogP contribution in [-0.4, -0.2) is 41.3 Å². The largest absolute Gasteiger partial charge is 0.339 e. The highest BCUT2D eigenvalue weighted by Crippen LogP contribution is 2.28. The van der Waals surface area contributed by atoms with Gasteiger partial charge in [-0.15, -0.1) is 0 Å². The first-order chi connectivity index (χ1) is 11.7. The van der Waals surface area contributed by atoms with Gasteiger partial charge >= 0.3 is 0 Å². The molecule has 0 saturated carbocycles. The maximum atomic E-state index is 12.8. The van der Waals surface area contributed by atoms with Crippen LogP contribution < -0.4 is 4.90 Å². The molecule has 1 aromatic heterocycles. The van der Waals surface area contributed by atoms with E-state index in [0.29, 0.717) is 17.8 Å². The van der Waals surface area contributed by atoms with E-state index in [1.54, 1.807) is 23.2 Å². The van der Waals surface area contributed by atoms with E-state index in [0.717, 1.165) is 38.0 Å². The van der Waals surface area contributed by atoms with Gasteiger partial charge in [-0.3, -0.25) is 14.6 Å². The molecule has 4 rings (SSSR count). The van der Waals surface area contributed by atoms with Crippen molar-refractivity contribution in [1.29, 1.82) is 0 Å². The fraction of sp³-hybridized carbons (Fsp3) is 0.316. The second-order valence-electron chi connectivity index (χ2n) is 6.26. The fourth-order valence-corrected chi connectivity index (χ4v) is 3.47. The van der Waals surface area contributed by atoms with Gasteiger partial charge in [-0.05, 0) is 43.0 Å². The molecule has 0 N–H and O–H groups in total. The Balaban J connectivity index is 1.60. The summed E-state index contributed by atoms with van der Waals surface area (Å²) in [7, 11) is 0. The zero-order chi connectivity index (χ0) is 16.5. The van der Waals surface area contributed by atoms with Crippen LogP contribution in [0.1, 0.15) is 39.3 Å². The summed E-state index contributed by atoms with van der Waals surface area (Å²) in [4.78, 5) is 33.2. The lowest BCUT2D eigenvalue weighted by Gasteiger charge is -2.18. The molecular formula is C19H19N3O2. The third-order valence-corrected chi connectivity index (χ3v) is 4.75. The molecule has 0 radical (unpaired) electrons. The maximum absolute atomic E-state index is 12.8. The Kier molecular flexibility index (Phi) is 3.76. The molecule has 2 aromatic rings. The summed E-state index contributed by atoms with van der Waals surface area (Å²) >= 11 is 0. The summed E-state index contributed by atoms with van der Waals surface area (Å²) in [5.41, 5.74) is 3.00. The minimum Gasteiger partial charge on any atom is -0.339 e. The topological polar surface area (TPSA) is 53.5 Å². The predicted octanol–water partition coefficient (Wildman–Crippen LogP) is 2.52. The first-order valence-electron chi connectivity index (χ1n) is 8.39. The second kappa shape index (κ2) is 6.07. The molecule has 2 aliphatic rings. The highest BCUT2D eigenvalue weighted by molar-refractivity contribution is 6.07. The van der Waals surface area contributed by atoms with Crippen LogP contribution >= 0.6 is 0 Å². The Hall–Kier alpha value is -2.69. The van der Waals surface area contributed by atoms with Gasteiger partial charge in [0.25, 0.3) is 11.8 Å². The van der Waals surface area contributed by atoms with Gasteiger partial charge in [-0.2, -0.15) is 0 Å². The quantitative estimate of drug-likeness (QED) is 0.854. The molecule has 5 heteroatoms. The summed E-state index contributed by atoms with van der Waals surface area (Å²) in [6.45, 7) is 2.25. The van der Waals surface area contributed by atoms with E-state index in [2.05, 4.69) is 4.98 Å². The average Bonchev–Trinajstić information content (AvgIpc) is 3.30. The normalized spacial score (nSPS) is 16.3. The van der Waals surface area contributed by atoms with Crippen LogP contribution in [0.15, 0.2) is 42.6 Å². The number of hydrogen-bond donors (Lipinski definition) is 0. The standard InChI is InChI=1S/C19H19N3O2/c23-18(21-10-3-4-11-21)15-7-9-20-16(13-15)19(24)22-12-8-14-5-1-2-6-17(14)22/h1-2,5-7,9,13H,3-4,8,10-12H2. The average molecular weight is 321 g/mol. The third-order valence-electron chi connectivity index (χ3n) is 4.75. The Morgan fingerprint density at radius 3 is 2.58 bits per heavy atom. The van der Waals surface area contributed by atoms with Crippen LogP contribution in [-0.2, 0) is 6.42 Å². The highest BCUT2D eigenvalue weighted by atomic mass is 16.2. The summed E-state index contributed by atoms with van der Waals surface area (Å²) < 4.78 is 0. The van der Waals surface area contributed by atoms with Crippen molar-refractivity contribution < 1.29 is 9.59 Å². The molecule has 3 heterocycles. The monoisotopic (exact) mass is 321 g/mol. The van der Waals surface area contributed by atoms with Gasteiger partial charge in [-0.1, -0.05) is 18.2 Å². The van der Waals surface area contributed by atoms with Crippen molar-refractivity contribution in [2.24, 2.45) is 0 Å². The molecule has 0 unspecified atom stereocenters. The van der Waals surface area contributed by atoms with Gasteiger partial charge in [0.05, 0.1) is 0 Å². The van der Waals surface area contributed by atoms with E-state index in [9.17, 15) is 9.59 Å². The smallest absolute Gasteiger partial charge is 0.276 e. The van der Waals surface area contributed by atoms with Crippen molar-refractivity contribution in [2.75, 3.05) is 24.5 Å². The number of anilines is 1. The Morgan fingerprint density at radius 1 is 0.958 bits per heavy atom. The highest BCUT2D eigenvalue weighted by Gasteiger charge is 2.27. The van der Waals surface area contributed by atoms with Gasteiger partial charge in [-0.25, -0.2) is 0 Å². The lowest BCUT2D eigenvalue weighted by molar-refractivity contribution is 0.0792. The molecule has 24 heavy (non-hydrogen) atoms. The van der Waals surface area contributed by atoms with Crippen LogP contribution in [0.4, 0.5) is 5.69 Å². The molecule has 2 amide bonds. The van der Waals surface area contributed by atoms with Crippen LogP contribution in [0.3, 0.4) is 0 Å². The number of para-hydroxylation sites is 1. The molecule has 1 aromatic carbocycles. The number of amides is 2. The molecule has 0 atom stereocenters. The number of aromatic nitrogens is 1. The van der Waals surface area contributed by atoms with Crippen LogP contribution in [0.25, 0.3) is 0 Å². The molecule has 1 fully saturated rings. The van der Waals surface area contributed by atoms with E-state index in [1.165, 1.54) is 5.56 Å². The molecule has 5 nitrogen and oxygen atoms in total. The zero-order valence-corrected chi connectivity index (χ0v) is 13.4. The van der Waals surface area contributed by atoms with Crippen molar-refractivity contribution >= 4 is 17.5 Å². The third kappa shape index (κ3) is 2.56. The van der Waals surface area contributed by atoms with Crippen LogP contribution in [0, 0.1) is 0 Å². The van der Waals surface area contributed by atoms with E-state index in [-0.39, 0.29) is 11.8 Å². The van der Waals surface area contributed by atoms with Gasteiger partial charge in [0.15, 0.2) is 0 Å². The lowest BCUT2D eigenvalue weighted by atomic mass is 10.1. The van der Waals surface area contributed by atoms with Gasteiger partial charge < -0.3 is 9.80 Å². The van der Waals surface area contributed by atoms with Crippen LogP contribution in [0.2, 0.25) is 0 Å². The summed E-state index contributed by atoms with van der Waals surface area (Å²) in [6, 6.07) is 11.2. The number of rotatable bonds is 2. The van der Waals surface area contributed by atoms with Gasteiger partial charge in [0.1, 0.15) is 5.69 Å². The number of carbonyl (C=O) groups excluding carboxylic acids is 2. The van der Waals surface area contributed by atoms with E-state index in [1.807, 2.05) is 29.2 Å². The predicted molar refractivity (Wildman–Crippen MR) is 91.2 cm³/mol. The molecular weight excluding hydrogens is 302 g/mol. The Labute approximate surface area is 140 Å².